The molecule has 0 aromatic rings. The van der Waals surface area contributed by atoms with Crippen LogP contribution in [0.5, 0.6) is 0 Å². The SMILES string of the molecule is CON(C)C(=O)C(C)S. The summed E-state index contributed by atoms with van der Waals surface area (Å²) >= 11 is 3.92. The second kappa shape index (κ2) is 3.74. The number of hydroxylamine groups is 2. The largest absolute Gasteiger partial charge is 0.275 e. The molecule has 0 spiro atoms. The van der Waals surface area contributed by atoms with Crippen molar-refractivity contribution in [3.8, 4) is 0 Å². The minimum atomic E-state index is -0.296. The van der Waals surface area contributed by atoms with Crippen LogP contribution in [0.15, 0.2) is 0 Å². The summed E-state index contributed by atoms with van der Waals surface area (Å²) in [5.41, 5.74) is 0. The van der Waals surface area contributed by atoms with Gasteiger partial charge in [-0.05, 0) is 6.92 Å². The fourth-order valence-corrected chi connectivity index (χ4v) is 0.516. The van der Waals surface area contributed by atoms with E-state index in [4.69, 9.17) is 0 Å². The Kier molecular flexibility index (Phi) is 3.65. The molecule has 0 radical (unpaired) electrons. The third kappa shape index (κ3) is 2.72. The van der Waals surface area contributed by atoms with Crippen LogP contribution in [0.2, 0.25) is 0 Å². The standard InChI is InChI=1S/C5H11NO2S/c1-4(9)5(7)6(2)8-3/h4,9H,1-3H3. The van der Waals surface area contributed by atoms with E-state index in [2.05, 4.69) is 17.5 Å². The summed E-state index contributed by atoms with van der Waals surface area (Å²) in [5.74, 6) is -0.138. The molecule has 0 bridgehead atoms. The highest BCUT2D eigenvalue weighted by Gasteiger charge is 2.11. The first-order valence-corrected chi connectivity index (χ1v) is 3.11. The maximum absolute atomic E-state index is 10.8. The fraction of sp³-hybridized carbons (Fsp3) is 0.800. The second-order valence-corrected chi connectivity index (χ2v) is 2.47. The normalized spacial score (nSPS) is 12.9. The summed E-state index contributed by atoms with van der Waals surface area (Å²) in [6.07, 6.45) is 0. The van der Waals surface area contributed by atoms with E-state index in [1.807, 2.05) is 0 Å². The highest BCUT2D eigenvalue weighted by atomic mass is 32.1. The van der Waals surface area contributed by atoms with Gasteiger partial charge in [-0.2, -0.15) is 12.6 Å². The zero-order valence-electron chi connectivity index (χ0n) is 5.79. The number of hydrogen-bond donors (Lipinski definition) is 1. The molecule has 0 aliphatic heterocycles. The van der Waals surface area contributed by atoms with Gasteiger partial charge in [0.15, 0.2) is 0 Å². The van der Waals surface area contributed by atoms with Crippen molar-refractivity contribution >= 4 is 18.5 Å². The molecule has 0 saturated heterocycles. The van der Waals surface area contributed by atoms with Gasteiger partial charge in [0.2, 0.25) is 0 Å². The second-order valence-electron chi connectivity index (χ2n) is 1.69. The van der Waals surface area contributed by atoms with Crippen LogP contribution in [0.4, 0.5) is 0 Å². The number of carbonyl (C=O) groups excluding carboxylic acids is 1. The van der Waals surface area contributed by atoms with Crippen LogP contribution in [0.25, 0.3) is 0 Å². The van der Waals surface area contributed by atoms with Gasteiger partial charge in [-0.1, -0.05) is 0 Å². The van der Waals surface area contributed by atoms with Crippen molar-refractivity contribution in [2.45, 2.75) is 12.2 Å². The smallest absolute Gasteiger partial charge is 0.258 e. The van der Waals surface area contributed by atoms with Crippen LogP contribution in [-0.4, -0.2) is 30.4 Å². The first-order valence-electron chi connectivity index (χ1n) is 2.59. The average Bonchev–Trinajstić information content (AvgIpc) is 1.84. The summed E-state index contributed by atoms with van der Waals surface area (Å²) < 4.78 is 0. The summed E-state index contributed by atoms with van der Waals surface area (Å²) in [6.45, 7) is 1.70. The van der Waals surface area contributed by atoms with Gasteiger partial charge < -0.3 is 0 Å². The predicted molar refractivity (Wildman–Crippen MR) is 38.2 cm³/mol. The first kappa shape index (κ1) is 8.78. The molecule has 9 heavy (non-hydrogen) atoms. The molecule has 0 aromatic heterocycles. The van der Waals surface area contributed by atoms with Gasteiger partial charge in [0, 0.05) is 7.05 Å². The van der Waals surface area contributed by atoms with E-state index < -0.39 is 0 Å². The van der Waals surface area contributed by atoms with Crippen LogP contribution in [0, 0.1) is 0 Å². The van der Waals surface area contributed by atoms with E-state index >= 15 is 0 Å². The van der Waals surface area contributed by atoms with E-state index in [9.17, 15) is 4.79 Å². The summed E-state index contributed by atoms with van der Waals surface area (Å²) in [7, 11) is 2.99. The van der Waals surface area contributed by atoms with Crippen molar-refractivity contribution in [2.24, 2.45) is 0 Å². The Hall–Kier alpha value is -0.220. The molecule has 0 aliphatic rings. The minimum absolute atomic E-state index is 0.138. The van der Waals surface area contributed by atoms with Crippen LogP contribution in [0.3, 0.4) is 0 Å². The highest BCUT2D eigenvalue weighted by Crippen LogP contribution is 1.97. The Balaban J connectivity index is 3.73. The van der Waals surface area contributed by atoms with Gasteiger partial charge >= 0.3 is 0 Å². The van der Waals surface area contributed by atoms with Crippen molar-refractivity contribution in [3.05, 3.63) is 0 Å². The van der Waals surface area contributed by atoms with E-state index in [1.54, 1.807) is 14.0 Å². The molecule has 1 amide bonds. The third-order valence-corrected chi connectivity index (χ3v) is 1.16. The maximum atomic E-state index is 10.8. The molecule has 3 nitrogen and oxygen atoms in total. The molecule has 0 rings (SSSR count). The van der Waals surface area contributed by atoms with Crippen molar-refractivity contribution in [1.29, 1.82) is 0 Å². The van der Waals surface area contributed by atoms with Crippen molar-refractivity contribution in [1.82, 2.24) is 5.06 Å². The quantitative estimate of drug-likeness (QED) is 0.453. The Morgan fingerprint density at radius 1 is 1.78 bits per heavy atom. The molecule has 1 atom stereocenters. The van der Waals surface area contributed by atoms with Crippen molar-refractivity contribution in [3.63, 3.8) is 0 Å². The number of rotatable bonds is 2. The predicted octanol–water partition coefficient (Wildman–Crippen LogP) is 0.324. The van der Waals surface area contributed by atoms with E-state index in [0.717, 1.165) is 5.06 Å². The van der Waals surface area contributed by atoms with E-state index in [0.29, 0.717) is 0 Å². The lowest BCUT2D eigenvalue weighted by Gasteiger charge is -2.14. The third-order valence-electron chi connectivity index (χ3n) is 0.942. The Morgan fingerprint density at radius 3 is 2.33 bits per heavy atom. The molecule has 1 unspecified atom stereocenters. The molecular weight excluding hydrogens is 138 g/mol. The Bertz CT molecular complexity index is 105. The molecule has 0 heterocycles. The van der Waals surface area contributed by atoms with Crippen LogP contribution < -0.4 is 0 Å². The van der Waals surface area contributed by atoms with Crippen LogP contribution in [-0.2, 0) is 9.63 Å². The van der Waals surface area contributed by atoms with Gasteiger partial charge in [-0.15, -0.1) is 0 Å². The zero-order chi connectivity index (χ0) is 7.44. The Labute approximate surface area is 60.3 Å². The topological polar surface area (TPSA) is 29.5 Å². The number of carbonyl (C=O) groups is 1. The summed E-state index contributed by atoms with van der Waals surface area (Å²) in [6, 6.07) is 0. The molecule has 0 aliphatic carbocycles. The van der Waals surface area contributed by atoms with Gasteiger partial charge in [-0.25, -0.2) is 5.06 Å². The lowest BCUT2D eigenvalue weighted by molar-refractivity contribution is -0.167. The lowest BCUT2D eigenvalue weighted by Crippen LogP contribution is -2.31. The molecule has 4 heteroatoms. The van der Waals surface area contributed by atoms with E-state index in [1.165, 1.54) is 7.11 Å². The van der Waals surface area contributed by atoms with Crippen LogP contribution >= 0.6 is 12.6 Å². The monoisotopic (exact) mass is 149 g/mol. The first-order chi connectivity index (χ1) is 4.09. The molecule has 0 fully saturated rings. The Morgan fingerprint density at radius 2 is 2.22 bits per heavy atom. The molecule has 0 N–H and O–H groups in total. The molecule has 54 valence electrons. The number of hydrogen-bond acceptors (Lipinski definition) is 3. The van der Waals surface area contributed by atoms with Crippen LogP contribution in [0.1, 0.15) is 6.92 Å². The van der Waals surface area contributed by atoms with Gasteiger partial charge in [0.1, 0.15) is 0 Å². The zero-order valence-corrected chi connectivity index (χ0v) is 6.68. The average molecular weight is 149 g/mol. The van der Waals surface area contributed by atoms with Gasteiger partial charge in [0.25, 0.3) is 5.91 Å². The van der Waals surface area contributed by atoms with Gasteiger partial charge in [-0.3, -0.25) is 9.63 Å². The maximum Gasteiger partial charge on any atom is 0.258 e. The molecule has 0 aromatic carbocycles. The van der Waals surface area contributed by atoms with E-state index in [-0.39, 0.29) is 11.2 Å². The van der Waals surface area contributed by atoms with Crippen molar-refractivity contribution in [2.75, 3.05) is 14.2 Å². The summed E-state index contributed by atoms with van der Waals surface area (Å²) in [4.78, 5) is 15.4. The fourth-order valence-electron chi connectivity index (χ4n) is 0.353. The molecule has 0 saturated carbocycles. The lowest BCUT2D eigenvalue weighted by atomic mass is 10.4. The summed E-state index contributed by atoms with van der Waals surface area (Å²) in [5, 5.41) is 0.854. The number of nitrogens with zero attached hydrogens (tertiary/aromatic N) is 1. The number of amides is 1. The molecular formula is C5H11NO2S. The highest BCUT2D eigenvalue weighted by molar-refractivity contribution is 7.81. The van der Waals surface area contributed by atoms with Gasteiger partial charge in [0.05, 0.1) is 12.4 Å². The number of thiol groups is 1. The minimum Gasteiger partial charge on any atom is -0.275 e. The van der Waals surface area contributed by atoms with Crippen molar-refractivity contribution < 1.29 is 9.63 Å².